The third-order valence-corrected chi connectivity index (χ3v) is 4.67. The predicted octanol–water partition coefficient (Wildman–Crippen LogP) is 4.00. The number of rotatable bonds is 2. The lowest BCUT2D eigenvalue weighted by molar-refractivity contribution is 0.489. The second-order valence-corrected chi connectivity index (χ2v) is 6.13. The smallest absolute Gasteiger partial charge is 0.110 e. The van der Waals surface area contributed by atoms with E-state index in [1.54, 1.807) is 12.4 Å². The second-order valence-electron chi connectivity index (χ2n) is 5.73. The quantitative estimate of drug-likeness (QED) is 0.778. The lowest BCUT2D eigenvalue weighted by Gasteiger charge is -2.33. The van der Waals surface area contributed by atoms with Gasteiger partial charge in [-0.3, -0.25) is 4.98 Å². The zero-order valence-electron chi connectivity index (χ0n) is 12.2. The summed E-state index contributed by atoms with van der Waals surface area (Å²) < 4.78 is 0. The first-order chi connectivity index (χ1) is 10.8. The van der Waals surface area contributed by atoms with Crippen LogP contribution in [-0.4, -0.2) is 28.0 Å². The van der Waals surface area contributed by atoms with Crippen LogP contribution in [0, 0.1) is 0 Å². The number of para-hydroxylation sites is 2. The third kappa shape index (κ3) is 2.44. The molecular formula is C17H17ClN4. The lowest BCUT2D eigenvalue weighted by atomic mass is 9.96. The highest BCUT2D eigenvalue weighted by Gasteiger charge is 2.24. The Hall–Kier alpha value is -2.07. The maximum atomic E-state index is 6.24. The first-order valence-electron chi connectivity index (χ1n) is 7.60. The Bertz CT molecular complexity index is 757. The maximum Gasteiger partial charge on any atom is 0.110 e. The molecule has 0 bridgehead atoms. The number of nitrogens with one attached hydrogen (secondary N) is 1. The van der Waals surface area contributed by atoms with E-state index in [-0.39, 0.29) is 0 Å². The van der Waals surface area contributed by atoms with E-state index < -0.39 is 0 Å². The van der Waals surface area contributed by atoms with Gasteiger partial charge in [-0.2, -0.15) is 0 Å². The first-order valence-corrected chi connectivity index (χ1v) is 7.98. The molecule has 0 unspecified atom stereocenters. The molecule has 1 aromatic carbocycles. The van der Waals surface area contributed by atoms with Crippen LogP contribution in [0.25, 0.3) is 11.0 Å². The van der Waals surface area contributed by atoms with E-state index in [1.807, 2.05) is 18.2 Å². The van der Waals surface area contributed by atoms with Crippen LogP contribution in [0.15, 0.2) is 42.7 Å². The van der Waals surface area contributed by atoms with E-state index in [2.05, 4.69) is 27.0 Å². The minimum absolute atomic E-state index is 0.490. The first kappa shape index (κ1) is 13.6. The molecule has 22 heavy (non-hydrogen) atoms. The molecule has 1 saturated heterocycles. The maximum absolute atomic E-state index is 6.24. The van der Waals surface area contributed by atoms with Gasteiger partial charge in [-0.05, 0) is 31.0 Å². The Kier molecular flexibility index (Phi) is 3.47. The number of nitrogens with zero attached hydrogens (tertiary/aromatic N) is 3. The molecule has 5 heteroatoms. The fourth-order valence-corrected chi connectivity index (χ4v) is 3.42. The molecule has 1 N–H and O–H groups in total. The van der Waals surface area contributed by atoms with Crippen LogP contribution in [0.3, 0.4) is 0 Å². The topological polar surface area (TPSA) is 44.8 Å². The van der Waals surface area contributed by atoms with Crippen molar-refractivity contribution in [3.63, 3.8) is 0 Å². The number of aromatic amines is 1. The molecule has 112 valence electrons. The SMILES string of the molecule is Clc1cnccc1N1CCC(c2nc3ccccc3[nH]2)CC1. The summed E-state index contributed by atoms with van der Waals surface area (Å²) in [7, 11) is 0. The van der Waals surface area contributed by atoms with Gasteiger partial charge in [0.1, 0.15) is 5.82 Å². The minimum atomic E-state index is 0.490. The van der Waals surface area contributed by atoms with Crippen molar-refractivity contribution in [2.75, 3.05) is 18.0 Å². The van der Waals surface area contributed by atoms with Crippen molar-refractivity contribution in [1.29, 1.82) is 0 Å². The minimum Gasteiger partial charge on any atom is -0.370 e. The van der Waals surface area contributed by atoms with Gasteiger partial charge < -0.3 is 9.88 Å². The second kappa shape index (κ2) is 5.61. The number of aromatic nitrogens is 3. The molecule has 0 aliphatic carbocycles. The molecule has 3 aromatic rings. The Labute approximate surface area is 134 Å². The number of anilines is 1. The summed E-state index contributed by atoms with van der Waals surface area (Å²) >= 11 is 6.24. The molecule has 1 fully saturated rings. The van der Waals surface area contributed by atoms with Gasteiger partial charge in [0.15, 0.2) is 0 Å². The normalized spacial score (nSPS) is 16.3. The van der Waals surface area contributed by atoms with Gasteiger partial charge in [0, 0.05) is 31.4 Å². The molecule has 1 aliphatic rings. The summed E-state index contributed by atoms with van der Waals surface area (Å²) in [5.74, 6) is 1.60. The number of hydrogen-bond donors (Lipinski definition) is 1. The van der Waals surface area contributed by atoms with Gasteiger partial charge >= 0.3 is 0 Å². The van der Waals surface area contributed by atoms with Crippen LogP contribution < -0.4 is 4.90 Å². The number of piperidine rings is 1. The van der Waals surface area contributed by atoms with E-state index in [9.17, 15) is 0 Å². The summed E-state index contributed by atoms with van der Waals surface area (Å²) in [4.78, 5) is 14.6. The number of imidazole rings is 1. The van der Waals surface area contributed by atoms with E-state index >= 15 is 0 Å². The van der Waals surface area contributed by atoms with Crippen molar-refractivity contribution in [2.45, 2.75) is 18.8 Å². The number of fused-ring (bicyclic) bond motifs is 1. The van der Waals surface area contributed by atoms with Crippen LogP contribution in [0.1, 0.15) is 24.6 Å². The molecule has 0 atom stereocenters. The Morgan fingerprint density at radius 2 is 1.95 bits per heavy atom. The third-order valence-electron chi connectivity index (χ3n) is 4.38. The van der Waals surface area contributed by atoms with Crippen LogP contribution in [0.2, 0.25) is 5.02 Å². The van der Waals surface area contributed by atoms with Gasteiger partial charge in [-0.25, -0.2) is 4.98 Å². The summed E-state index contributed by atoms with van der Waals surface area (Å²) in [5.41, 5.74) is 3.26. The zero-order chi connectivity index (χ0) is 14.9. The largest absolute Gasteiger partial charge is 0.370 e. The molecule has 0 amide bonds. The molecule has 0 spiro atoms. The van der Waals surface area contributed by atoms with Crippen LogP contribution in [0.4, 0.5) is 5.69 Å². The fourth-order valence-electron chi connectivity index (χ4n) is 3.18. The highest BCUT2D eigenvalue weighted by Crippen LogP contribution is 2.32. The van der Waals surface area contributed by atoms with Crippen molar-refractivity contribution in [2.24, 2.45) is 0 Å². The highest BCUT2D eigenvalue weighted by atomic mass is 35.5. The molecule has 2 aromatic heterocycles. The number of pyridine rings is 1. The summed E-state index contributed by atoms with van der Waals surface area (Å²) in [6.45, 7) is 1.98. The average Bonchev–Trinajstić information content (AvgIpc) is 2.99. The lowest BCUT2D eigenvalue weighted by Crippen LogP contribution is -2.33. The van der Waals surface area contributed by atoms with E-state index in [4.69, 9.17) is 16.6 Å². The van der Waals surface area contributed by atoms with Crippen molar-refractivity contribution in [3.8, 4) is 0 Å². The average molecular weight is 313 g/mol. The van der Waals surface area contributed by atoms with E-state index in [0.29, 0.717) is 5.92 Å². The summed E-state index contributed by atoms with van der Waals surface area (Å²) in [6, 6.07) is 10.2. The van der Waals surface area contributed by atoms with Crippen molar-refractivity contribution < 1.29 is 0 Å². The summed E-state index contributed by atoms with van der Waals surface area (Å²) in [6.07, 6.45) is 5.67. The molecule has 1 aliphatic heterocycles. The molecule has 4 nitrogen and oxygen atoms in total. The van der Waals surface area contributed by atoms with Crippen molar-refractivity contribution >= 4 is 28.3 Å². The summed E-state index contributed by atoms with van der Waals surface area (Å²) in [5, 5.41) is 0.727. The standard InChI is InChI=1S/C17H17ClN4/c18-13-11-19-8-5-16(13)22-9-6-12(7-10-22)17-20-14-3-1-2-4-15(14)21-17/h1-5,8,11-12H,6-7,9-10H2,(H,20,21). The Balaban J connectivity index is 1.51. The zero-order valence-corrected chi connectivity index (χ0v) is 12.9. The molecule has 0 radical (unpaired) electrons. The van der Waals surface area contributed by atoms with Crippen molar-refractivity contribution in [3.05, 3.63) is 53.6 Å². The van der Waals surface area contributed by atoms with Crippen LogP contribution >= 0.6 is 11.6 Å². The van der Waals surface area contributed by atoms with E-state index in [0.717, 1.165) is 53.5 Å². The van der Waals surface area contributed by atoms with Gasteiger partial charge in [-0.15, -0.1) is 0 Å². The van der Waals surface area contributed by atoms with Crippen molar-refractivity contribution in [1.82, 2.24) is 15.0 Å². The van der Waals surface area contributed by atoms with Gasteiger partial charge in [0.05, 0.1) is 21.7 Å². The predicted molar refractivity (Wildman–Crippen MR) is 89.5 cm³/mol. The number of halogens is 1. The van der Waals surface area contributed by atoms with Gasteiger partial charge in [-0.1, -0.05) is 23.7 Å². The highest BCUT2D eigenvalue weighted by molar-refractivity contribution is 6.33. The van der Waals surface area contributed by atoms with E-state index in [1.165, 1.54) is 0 Å². The van der Waals surface area contributed by atoms with Crippen LogP contribution in [-0.2, 0) is 0 Å². The van der Waals surface area contributed by atoms with Gasteiger partial charge in [0.25, 0.3) is 0 Å². The number of H-pyrrole nitrogens is 1. The van der Waals surface area contributed by atoms with Crippen LogP contribution in [0.5, 0.6) is 0 Å². The Morgan fingerprint density at radius 1 is 1.14 bits per heavy atom. The number of hydrogen-bond acceptors (Lipinski definition) is 3. The monoisotopic (exact) mass is 312 g/mol. The van der Waals surface area contributed by atoms with Gasteiger partial charge in [0.2, 0.25) is 0 Å². The fraction of sp³-hybridized carbons (Fsp3) is 0.294. The number of benzene rings is 1. The molecule has 0 saturated carbocycles. The molecule has 3 heterocycles. The Morgan fingerprint density at radius 3 is 2.73 bits per heavy atom. The molecule has 4 rings (SSSR count). The molecular weight excluding hydrogens is 296 g/mol.